The van der Waals surface area contributed by atoms with E-state index in [4.69, 9.17) is 10.5 Å². The molecular formula is C17H19N3O. The van der Waals surface area contributed by atoms with E-state index in [2.05, 4.69) is 16.9 Å². The number of hydrogen-bond donors (Lipinski definition) is 2. The number of aromatic nitrogens is 1. The minimum Gasteiger partial charge on any atom is -0.497 e. The number of allylic oxidation sites excluding steroid dienone is 3. The van der Waals surface area contributed by atoms with Crippen LogP contribution in [-0.4, -0.2) is 12.1 Å². The standard InChI is InChI=1S/C17H19N3O/c1-12(2)10-14(6-8-18)20-17-16-11-15(21-3)5-4-13(16)7-9-19-17/h4-11H,1,18H2,2-3H3,(H,19,20)/b8-6-,14-10+. The number of rotatable bonds is 5. The molecule has 0 saturated heterocycles. The first-order valence-electron chi connectivity index (χ1n) is 6.59. The molecule has 3 N–H and O–H groups in total. The van der Waals surface area contributed by atoms with E-state index in [1.807, 2.05) is 37.3 Å². The van der Waals surface area contributed by atoms with Crippen LogP contribution in [0.15, 0.2) is 66.7 Å². The van der Waals surface area contributed by atoms with Gasteiger partial charge in [0.25, 0.3) is 0 Å². The summed E-state index contributed by atoms with van der Waals surface area (Å²) in [6, 6.07) is 7.84. The lowest BCUT2D eigenvalue weighted by Crippen LogP contribution is -2.01. The van der Waals surface area contributed by atoms with Gasteiger partial charge in [-0.3, -0.25) is 0 Å². The molecule has 0 saturated carbocycles. The first kappa shape index (κ1) is 14.7. The number of nitrogens with one attached hydrogen (secondary N) is 1. The zero-order chi connectivity index (χ0) is 15.2. The molecule has 1 heterocycles. The molecule has 0 bridgehead atoms. The Hall–Kier alpha value is -2.75. The third kappa shape index (κ3) is 3.63. The predicted molar refractivity (Wildman–Crippen MR) is 88.1 cm³/mol. The van der Waals surface area contributed by atoms with Gasteiger partial charge in [-0.15, -0.1) is 0 Å². The molecule has 0 unspecified atom stereocenters. The Morgan fingerprint density at radius 2 is 2.19 bits per heavy atom. The number of anilines is 1. The van der Waals surface area contributed by atoms with Gasteiger partial charge in [-0.05, 0) is 48.9 Å². The van der Waals surface area contributed by atoms with Crippen LogP contribution in [0.25, 0.3) is 10.8 Å². The highest BCUT2D eigenvalue weighted by Crippen LogP contribution is 2.26. The molecule has 0 aliphatic carbocycles. The Bertz CT molecular complexity index is 717. The van der Waals surface area contributed by atoms with Gasteiger partial charge in [-0.2, -0.15) is 0 Å². The molecule has 0 radical (unpaired) electrons. The van der Waals surface area contributed by atoms with Crippen molar-refractivity contribution in [3.8, 4) is 5.75 Å². The van der Waals surface area contributed by atoms with Gasteiger partial charge in [0.05, 0.1) is 7.11 Å². The minimum atomic E-state index is 0.747. The number of fused-ring (bicyclic) bond motifs is 1. The molecule has 21 heavy (non-hydrogen) atoms. The molecule has 0 fully saturated rings. The highest BCUT2D eigenvalue weighted by Gasteiger charge is 2.05. The van der Waals surface area contributed by atoms with Crippen LogP contribution in [0, 0.1) is 0 Å². The maximum Gasteiger partial charge on any atom is 0.138 e. The normalized spacial score (nSPS) is 11.8. The molecule has 1 aromatic carbocycles. The number of benzene rings is 1. The first-order valence-corrected chi connectivity index (χ1v) is 6.59. The maximum absolute atomic E-state index is 5.49. The van der Waals surface area contributed by atoms with Crippen molar-refractivity contribution in [2.24, 2.45) is 5.73 Å². The van der Waals surface area contributed by atoms with E-state index in [1.54, 1.807) is 19.4 Å². The molecule has 4 nitrogen and oxygen atoms in total. The van der Waals surface area contributed by atoms with Crippen LogP contribution in [0.1, 0.15) is 6.92 Å². The summed E-state index contributed by atoms with van der Waals surface area (Å²) in [4.78, 5) is 4.40. The monoisotopic (exact) mass is 281 g/mol. The van der Waals surface area contributed by atoms with Gasteiger partial charge in [-0.25, -0.2) is 4.98 Å². The van der Waals surface area contributed by atoms with Gasteiger partial charge in [0.15, 0.2) is 0 Å². The highest BCUT2D eigenvalue weighted by atomic mass is 16.5. The van der Waals surface area contributed by atoms with Crippen LogP contribution < -0.4 is 15.8 Å². The summed E-state index contributed by atoms with van der Waals surface area (Å²) in [6.07, 6.45) is 6.93. The van der Waals surface area contributed by atoms with Crippen molar-refractivity contribution in [3.63, 3.8) is 0 Å². The van der Waals surface area contributed by atoms with E-state index in [9.17, 15) is 0 Å². The van der Waals surface area contributed by atoms with Crippen molar-refractivity contribution in [2.45, 2.75) is 6.92 Å². The zero-order valence-corrected chi connectivity index (χ0v) is 12.3. The molecule has 0 aliphatic rings. The summed E-state index contributed by atoms with van der Waals surface area (Å²) in [5.74, 6) is 1.54. The molecule has 2 rings (SSSR count). The number of hydrogen-bond acceptors (Lipinski definition) is 4. The lowest BCUT2D eigenvalue weighted by Gasteiger charge is -2.11. The maximum atomic E-state index is 5.49. The first-order chi connectivity index (χ1) is 10.1. The second-order valence-electron chi connectivity index (χ2n) is 4.68. The smallest absolute Gasteiger partial charge is 0.138 e. The number of nitrogens with zero attached hydrogens (tertiary/aromatic N) is 1. The largest absolute Gasteiger partial charge is 0.497 e. The van der Waals surface area contributed by atoms with E-state index in [1.165, 1.54) is 6.20 Å². The number of ether oxygens (including phenoxy) is 1. The summed E-state index contributed by atoms with van der Waals surface area (Å²) in [5.41, 5.74) is 7.24. The van der Waals surface area contributed by atoms with E-state index in [0.29, 0.717) is 0 Å². The molecule has 0 atom stereocenters. The van der Waals surface area contributed by atoms with Crippen molar-refractivity contribution in [2.75, 3.05) is 12.4 Å². The van der Waals surface area contributed by atoms with Crippen LogP contribution in [0.2, 0.25) is 0 Å². The molecule has 108 valence electrons. The Kier molecular flexibility index (Phi) is 4.61. The van der Waals surface area contributed by atoms with Crippen LogP contribution >= 0.6 is 0 Å². The van der Waals surface area contributed by atoms with Gasteiger partial charge in [0.1, 0.15) is 11.6 Å². The highest BCUT2D eigenvalue weighted by molar-refractivity contribution is 5.93. The Morgan fingerprint density at radius 3 is 2.86 bits per heavy atom. The fraction of sp³-hybridized carbons (Fsp3) is 0.118. The fourth-order valence-electron chi connectivity index (χ4n) is 2.01. The molecule has 0 spiro atoms. The zero-order valence-electron chi connectivity index (χ0n) is 12.3. The van der Waals surface area contributed by atoms with Crippen LogP contribution in [0.4, 0.5) is 5.82 Å². The van der Waals surface area contributed by atoms with Gasteiger partial charge in [-0.1, -0.05) is 18.2 Å². The van der Waals surface area contributed by atoms with Gasteiger partial charge in [0, 0.05) is 17.3 Å². The second kappa shape index (κ2) is 6.61. The van der Waals surface area contributed by atoms with Gasteiger partial charge in [0.2, 0.25) is 0 Å². The van der Waals surface area contributed by atoms with Crippen LogP contribution in [0.5, 0.6) is 5.75 Å². The van der Waals surface area contributed by atoms with Gasteiger partial charge < -0.3 is 15.8 Å². The van der Waals surface area contributed by atoms with Crippen molar-refractivity contribution in [1.29, 1.82) is 0 Å². The lowest BCUT2D eigenvalue weighted by atomic mass is 10.1. The molecule has 0 amide bonds. The SMILES string of the molecule is C=C(C)/C=C(\C=C/N)Nc1nccc2ccc(OC)cc12. The van der Waals surface area contributed by atoms with E-state index in [-0.39, 0.29) is 0 Å². The van der Waals surface area contributed by atoms with Crippen LogP contribution in [0.3, 0.4) is 0 Å². The lowest BCUT2D eigenvalue weighted by molar-refractivity contribution is 0.415. The number of nitrogens with two attached hydrogens (primary N) is 1. The topological polar surface area (TPSA) is 60.2 Å². The van der Waals surface area contributed by atoms with Crippen molar-refractivity contribution >= 4 is 16.6 Å². The minimum absolute atomic E-state index is 0.747. The second-order valence-corrected chi connectivity index (χ2v) is 4.68. The average Bonchev–Trinajstić information content (AvgIpc) is 2.46. The molecule has 0 aliphatic heterocycles. The third-order valence-electron chi connectivity index (χ3n) is 2.91. The summed E-state index contributed by atoms with van der Waals surface area (Å²) in [6.45, 7) is 5.80. The predicted octanol–water partition coefficient (Wildman–Crippen LogP) is 3.59. The number of pyridine rings is 1. The Morgan fingerprint density at radius 1 is 1.38 bits per heavy atom. The van der Waals surface area contributed by atoms with E-state index in [0.717, 1.165) is 33.6 Å². The Labute approximate surface area is 124 Å². The summed E-state index contributed by atoms with van der Waals surface area (Å²) >= 11 is 0. The van der Waals surface area contributed by atoms with E-state index < -0.39 is 0 Å². The summed E-state index contributed by atoms with van der Waals surface area (Å²) < 4.78 is 5.28. The number of methoxy groups -OCH3 is 1. The Balaban J connectivity index is 2.47. The quantitative estimate of drug-likeness (QED) is 0.822. The van der Waals surface area contributed by atoms with Gasteiger partial charge >= 0.3 is 0 Å². The molecule has 4 heteroatoms. The van der Waals surface area contributed by atoms with Crippen molar-refractivity contribution < 1.29 is 4.74 Å². The summed E-state index contributed by atoms with van der Waals surface area (Å²) in [5, 5.41) is 5.34. The molecule has 2 aromatic rings. The van der Waals surface area contributed by atoms with Crippen molar-refractivity contribution in [1.82, 2.24) is 4.98 Å². The third-order valence-corrected chi connectivity index (χ3v) is 2.91. The van der Waals surface area contributed by atoms with Crippen molar-refractivity contribution in [3.05, 3.63) is 66.7 Å². The average molecular weight is 281 g/mol. The van der Waals surface area contributed by atoms with E-state index >= 15 is 0 Å². The summed E-state index contributed by atoms with van der Waals surface area (Å²) in [7, 11) is 1.65. The molecule has 1 aromatic heterocycles. The molecular weight excluding hydrogens is 262 g/mol. The van der Waals surface area contributed by atoms with Crippen LogP contribution in [-0.2, 0) is 0 Å². The fourth-order valence-corrected chi connectivity index (χ4v) is 2.01.